The highest BCUT2D eigenvalue weighted by atomic mass is 35.5. The molecular formula is C16H14ClO4-. The SMILES string of the molecule is CC(O)(C(=O)[O-])c1ccc(OCc2ccccc2)c(Cl)c1. The molecule has 2 rings (SSSR count). The molecule has 21 heavy (non-hydrogen) atoms. The molecule has 0 heterocycles. The summed E-state index contributed by atoms with van der Waals surface area (Å²) >= 11 is 6.06. The Kier molecular flexibility index (Phi) is 4.50. The number of aliphatic hydroxyl groups is 1. The summed E-state index contributed by atoms with van der Waals surface area (Å²) in [5, 5.41) is 20.9. The molecule has 4 nitrogen and oxygen atoms in total. The number of rotatable bonds is 5. The number of ether oxygens (including phenoxy) is 1. The highest BCUT2D eigenvalue weighted by molar-refractivity contribution is 6.32. The van der Waals surface area contributed by atoms with Gasteiger partial charge in [-0.1, -0.05) is 48.0 Å². The molecule has 1 unspecified atom stereocenters. The summed E-state index contributed by atoms with van der Waals surface area (Å²) in [4.78, 5) is 10.9. The van der Waals surface area contributed by atoms with E-state index in [1.54, 1.807) is 0 Å². The lowest BCUT2D eigenvalue weighted by atomic mass is 9.96. The van der Waals surface area contributed by atoms with E-state index in [2.05, 4.69) is 0 Å². The van der Waals surface area contributed by atoms with Crippen LogP contribution in [0.25, 0.3) is 0 Å². The highest BCUT2D eigenvalue weighted by Gasteiger charge is 2.25. The Morgan fingerprint density at radius 1 is 1.29 bits per heavy atom. The molecular weight excluding hydrogens is 292 g/mol. The Bertz CT molecular complexity index is 638. The minimum Gasteiger partial charge on any atom is -0.547 e. The zero-order chi connectivity index (χ0) is 15.5. The van der Waals surface area contributed by atoms with Crippen molar-refractivity contribution >= 4 is 17.6 Å². The molecule has 0 saturated carbocycles. The predicted octanol–water partition coefficient (Wildman–Crippen LogP) is 1.88. The van der Waals surface area contributed by atoms with Crippen LogP contribution in [0.15, 0.2) is 48.5 Å². The fourth-order valence-electron chi connectivity index (χ4n) is 1.77. The highest BCUT2D eigenvalue weighted by Crippen LogP contribution is 2.30. The Hall–Kier alpha value is -2.04. The zero-order valence-electron chi connectivity index (χ0n) is 11.4. The van der Waals surface area contributed by atoms with Crippen molar-refractivity contribution in [3.8, 4) is 5.75 Å². The first-order chi connectivity index (χ1) is 9.91. The van der Waals surface area contributed by atoms with Crippen molar-refractivity contribution < 1.29 is 19.7 Å². The van der Waals surface area contributed by atoms with Gasteiger partial charge in [-0.25, -0.2) is 0 Å². The van der Waals surface area contributed by atoms with Crippen LogP contribution < -0.4 is 9.84 Å². The van der Waals surface area contributed by atoms with E-state index in [-0.39, 0.29) is 10.6 Å². The predicted molar refractivity (Wildman–Crippen MR) is 76.8 cm³/mol. The van der Waals surface area contributed by atoms with Crippen molar-refractivity contribution in [1.82, 2.24) is 0 Å². The summed E-state index contributed by atoms with van der Waals surface area (Å²) in [6.45, 7) is 1.48. The molecule has 0 bridgehead atoms. The number of aliphatic carboxylic acids is 1. The molecule has 0 aliphatic heterocycles. The molecule has 0 spiro atoms. The Balaban J connectivity index is 2.15. The molecule has 2 aromatic rings. The summed E-state index contributed by atoms with van der Waals surface area (Å²) in [5.41, 5.74) is -0.972. The number of carbonyl (C=O) groups is 1. The Labute approximate surface area is 127 Å². The second kappa shape index (κ2) is 6.16. The zero-order valence-corrected chi connectivity index (χ0v) is 12.1. The van der Waals surface area contributed by atoms with Crippen LogP contribution in [-0.4, -0.2) is 11.1 Å². The van der Waals surface area contributed by atoms with Gasteiger partial charge in [-0.15, -0.1) is 0 Å². The molecule has 0 aromatic heterocycles. The number of carbonyl (C=O) groups excluding carboxylic acids is 1. The Morgan fingerprint density at radius 2 is 1.95 bits per heavy atom. The van der Waals surface area contributed by atoms with Gasteiger partial charge in [-0.05, 0) is 30.2 Å². The van der Waals surface area contributed by atoms with Crippen molar-refractivity contribution in [2.24, 2.45) is 0 Å². The molecule has 0 radical (unpaired) electrons. The first kappa shape index (κ1) is 15.4. The summed E-state index contributed by atoms with van der Waals surface area (Å²) < 4.78 is 5.57. The van der Waals surface area contributed by atoms with Gasteiger partial charge >= 0.3 is 0 Å². The van der Waals surface area contributed by atoms with E-state index in [9.17, 15) is 15.0 Å². The summed E-state index contributed by atoms with van der Waals surface area (Å²) in [6, 6.07) is 13.9. The van der Waals surface area contributed by atoms with Crippen molar-refractivity contribution in [2.45, 2.75) is 19.1 Å². The van der Waals surface area contributed by atoms with Crippen LogP contribution in [-0.2, 0) is 17.0 Å². The normalized spacial score (nSPS) is 13.5. The van der Waals surface area contributed by atoms with Gasteiger partial charge in [0.05, 0.1) is 11.0 Å². The molecule has 0 amide bonds. The second-order valence-electron chi connectivity index (χ2n) is 4.78. The van der Waals surface area contributed by atoms with Crippen molar-refractivity contribution in [3.05, 3.63) is 64.7 Å². The number of hydrogen-bond acceptors (Lipinski definition) is 4. The lowest BCUT2D eigenvalue weighted by Crippen LogP contribution is -2.43. The molecule has 2 aromatic carbocycles. The third-order valence-electron chi connectivity index (χ3n) is 3.13. The van der Waals surface area contributed by atoms with Gasteiger partial charge < -0.3 is 19.7 Å². The smallest absolute Gasteiger partial charge is 0.138 e. The second-order valence-corrected chi connectivity index (χ2v) is 5.19. The average Bonchev–Trinajstić information content (AvgIpc) is 2.46. The topological polar surface area (TPSA) is 69.6 Å². The van der Waals surface area contributed by atoms with Gasteiger partial charge in [0.2, 0.25) is 0 Å². The van der Waals surface area contributed by atoms with Crippen LogP contribution in [0.5, 0.6) is 5.75 Å². The fraction of sp³-hybridized carbons (Fsp3) is 0.188. The quantitative estimate of drug-likeness (QED) is 0.915. The van der Waals surface area contributed by atoms with Gasteiger partial charge in [0.15, 0.2) is 0 Å². The van der Waals surface area contributed by atoms with Crippen LogP contribution >= 0.6 is 11.6 Å². The van der Waals surface area contributed by atoms with Gasteiger partial charge in [0.1, 0.15) is 18.0 Å². The summed E-state index contributed by atoms with van der Waals surface area (Å²) in [5.74, 6) is -1.17. The number of benzene rings is 2. The van der Waals surface area contributed by atoms with Gasteiger partial charge in [-0.3, -0.25) is 0 Å². The third-order valence-corrected chi connectivity index (χ3v) is 3.42. The molecule has 110 valence electrons. The number of carboxylic acid groups (broad SMARTS) is 1. The number of hydrogen-bond donors (Lipinski definition) is 1. The monoisotopic (exact) mass is 305 g/mol. The number of carboxylic acids is 1. The Morgan fingerprint density at radius 3 is 2.52 bits per heavy atom. The lowest BCUT2D eigenvalue weighted by Gasteiger charge is -2.25. The standard InChI is InChI=1S/C16H15ClO4/c1-16(20,15(18)19)12-7-8-14(13(17)9-12)21-10-11-5-3-2-4-6-11/h2-9,20H,10H2,1H3,(H,18,19)/p-1. The van der Waals surface area contributed by atoms with E-state index >= 15 is 0 Å². The summed E-state index contributed by atoms with van der Waals surface area (Å²) in [6.07, 6.45) is 0. The van der Waals surface area contributed by atoms with Crippen LogP contribution in [0.3, 0.4) is 0 Å². The van der Waals surface area contributed by atoms with E-state index in [1.807, 2.05) is 30.3 Å². The minimum atomic E-state index is -2.10. The largest absolute Gasteiger partial charge is 0.547 e. The summed E-state index contributed by atoms with van der Waals surface area (Å²) in [7, 11) is 0. The molecule has 0 aliphatic carbocycles. The maximum absolute atomic E-state index is 10.9. The van der Waals surface area contributed by atoms with Crippen molar-refractivity contribution in [3.63, 3.8) is 0 Å². The third kappa shape index (κ3) is 3.54. The lowest BCUT2D eigenvalue weighted by molar-refractivity contribution is -0.324. The van der Waals surface area contributed by atoms with Crippen LogP contribution in [0.2, 0.25) is 5.02 Å². The first-order valence-electron chi connectivity index (χ1n) is 6.32. The van der Waals surface area contributed by atoms with Crippen LogP contribution in [0, 0.1) is 0 Å². The van der Waals surface area contributed by atoms with Crippen LogP contribution in [0.4, 0.5) is 0 Å². The van der Waals surface area contributed by atoms with E-state index in [0.717, 1.165) is 12.5 Å². The molecule has 0 saturated heterocycles. The van der Waals surface area contributed by atoms with E-state index in [0.29, 0.717) is 12.4 Å². The van der Waals surface area contributed by atoms with E-state index in [1.165, 1.54) is 18.2 Å². The number of halogens is 1. The molecule has 5 heteroatoms. The molecule has 1 N–H and O–H groups in total. The van der Waals surface area contributed by atoms with Crippen molar-refractivity contribution in [2.75, 3.05) is 0 Å². The molecule has 1 atom stereocenters. The van der Waals surface area contributed by atoms with E-state index < -0.39 is 11.6 Å². The first-order valence-corrected chi connectivity index (χ1v) is 6.69. The molecule has 0 aliphatic rings. The van der Waals surface area contributed by atoms with Gasteiger partial charge in [0.25, 0.3) is 0 Å². The molecule has 0 fully saturated rings. The maximum atomic E-state index is 10.9. The minimum absolute atomic E-state index is 0.138. The average molecular weight is 306 g/mol. The van der Waals surface area contributed by atoms with E-state index in [4.69, 9.17) is 16.3 Å². The fourth-order valence-corrected chi connectivity index (χ4v) is 2.01. The van der Waals surface area contributed by atoms with Crippen LogP contribution in [0.1, 0.15) is 18.1 Å². The van der Waals surface area contributed by atoms with Gasteiger partial charge in [0, 0.05) is 0 Å². The maximum Gasteiger partial charge on any atom is 0.138 e. The van der Waals surface area contributed by atoms with Crippen molar-refractivity contribution in [1.29, 1.82) is 0 Å². The van der Waals surface area contributed by atoms with Gasteiger partial charge in [-0.2, -0.15) is 0 Å².